The predicted molar refractivity (Wildman–Crippen MR) is 102 cm³/mol. The van der Waals surface area contributed by atoms with E-state index in [1.54, 1.807) is 68.7 Å². The molecule has 8 heteroatoms. The predicted octanol–water partition coefficient (Wildman–Crippen LogP) is 2.07. The van der Waals surface area contributed by atoms with Crippen LogP contribution in [0.2, 0.25) is 0 Å². The van der Waals surface area contributed by atoms with Crippen molar-refractivity contribution in [2.75, 3.05) is 5.01 Å². The minimum absolute atomic E-state index is 0.282. The van der Waals surface area contributed by atoms with Crippen molar-refractivity contribution in [1.82, 2.24) is 19.7 Å². The molecule has 1 aliphatic heterocycles. The van der Waals surface area contributed by atoms with E-state index in [-0.39, 0.29) is 11.5 Å². The number of hydrazone groups is 1. The number of hydrogen-bond donors (Lipinski definition) is 1. The molecule has 1 N–H and O–H groups in total. The van der Waals surface area contributed by atoms with Gasteiger partial charge in [0.05, 0.1) is 16.8 Å². The van der Waals surface area contributed by atoms with Crippen LogP contribution in [0, 0.1) is 6.92 Å². The van der Waals surface area contributed by atoms with Crippen LogP contribution in [0.15, 0.2) is 64.3 Å². The number of carbonyl (C=O) groups is 1. The molecule has 3 aromatic heterocycles. The number of rotatable bonds is 3. The van der Waals surface area contributed by atoms with Crippen molar-refractivity contribution < 1.29 is 4.79 Å². The van der Waals surface area contributed by atoms with Crippen LogP contribution in [0.25, 0.3) is 11.9 Å². The van der Waals surface area contributed by atoms with E-state index in [2.05, 4.69) is 20.2 Å². The summed E-state index contributed by atoms with van der Waals surface area (Å²) in [5.41, 5.74) is 1.62. The quantitative estimate of drug-likeness (QED) is 0.723. The molecule has 0 saturated heterocycles. The second-order valence-electron chi connectivity index (χ2n) is 6.03. The normalized spacial score (nSPS) is 15.5. The molecule has 4 rings (SSSR count). The van der Waals surface area contributed by atoms with Crippen LogP contribution < -0.4 is 10.6 Å². The number of anilines is 1. The molecule has 0 bridgehead atoms. The van der Waals surface area contributed by atoms with Gasteiger partial charge < -0.3 is 0 Å². The number of aromatic nitrogens is 4. The van der Waals surface area contributed by atoms with Gasteiger partial charge in [-0.05, 0) is 44.2 Å². The summed E-state index contributed by atoms with van der Waals surface area (Å²) in [5.74, 6) is 0.589. The summed E-state index contributed by atoms with van der Waals surface area (Å²) in [4.78, 5) is 33.9. The number of amides is 1. The van der Waals surface area contributed by atoms with E-state index < -0.39 is 0 Å². The highest BCUT2D eigenvalue weighted by molar-refractivity contribution is 6.32. The lowest BCUT2D eigenvalue weighted by Crippen LogP contribution is -2.22. The second kappa shape index (κ2) is 6.49. The lowest BCUT2D eigenvalue weighted by Gasteiger charge is -2.09. The Bertz CT molecular complexity index is 1130. The summed E-state index contributed by atoms with van der Waals surface area (Å²) in [5, 5.41) is 8.51. The Balaban J connectivity index is 1.75. The summed E-state index contributed by atoms with van der Waals surface area (Å²) in [6, 6.07) is 10.5. The first-order valence-electron chi connectivity index (χ1n) is 8.32. The number of pyridine rings is 2. The van der Waals surface area contributed by atoms with E-state index in [4.69, 9.17) is 0 Å². The highest BCUT2D eigenvalue weighted by Crippen LogP contribution is 2.23. The Labute approximate surface area is 154 Å². The van der Waals surface area contributed by atoms with Crippen molar-refractivity contribution in [3.05, 3.63) is 76.0 Å². The maximum Gasteiger partial charge on any atom is 0.282 e. The Morgan fingerprint density at radius 2 is 1.63 bits per heavy atom. The maximum atomic E-state index is 12.8. The maximum absolute atomic E-state index is 12.8. The Morgan fingerprint density at radius 3 is 2.26 bits per heavy atom. The molecule has 1 aliphatic rings. The highest BCUT2D eigenvalue weighted by atomic mass is 16.2. The van der Waals surface area contributed by atoms with Crippen LogP contribution in [0.5, 0.6) is 0 Å². The topological polar surface area (TPSA) is 96.2 Å². The van der Waals surface area contributed by atoms with Crippen LogP contribution in [-0.4, -0.2) is 31.4 Å². The first-order chi connectivity index (χ1) is 13.1. The first-order valence-corrected chi connectivity index (χ1v) is 8.32. The van der Waals surface area contributed by atoms with Crippen molar-refractivity contribution in [3.8, 4) is 5.82 Å². The van der Waals surface area contributed by atoms with E-state index >= 15 is 0 Å². The fourth-order valence-electron chi connectivity index (χ4n) is 2.84. The molecule has 0 radical (unpaired) electrons. The van der Waals surface area contributed by atoms with Gasteiger partial charge in [0.25, 0.3) is 11.5 Å². The molecule has 8 nitrogen and oxygen atoms in total. The number of carbonyl (C=O) groups excluding carboxylic acids is 1. The van der Waals surface area contributed by atoms with Crippen molar-refractivity contribution in [2.24, 2.45) is 5.10 Å². The fraction of sp³-hybridized carbons (Fsp3) is 0.105. The smallest absolute Gasteiger partial charge is 0.282 e. The Hall–Kier alpha value is -3.81. The number of H-pyrrole nitrogens is 1. The van der Waals surface area contributed by atoms with Crippen LogP contribution >= 0.6 is 0 Å². The van der Waals surface area contributed by atoms with Crippen LogP contribution in [0.1, 0.15) is 18.2 Å². The lowest BCUT2D eigenvalue weighted by atomic mass is 10.1. The summed E-state index contributed by atoms with van der Waals surface area (Å²) in [6.45, 7) is 3.50. The number of hydrogen-bond acceptors (Lipinski definition) is 5. The van der Waals surface area contributed by atoms with Gasteiger partial charge in [-0.2, -0.15) is 10.1 Å². The number of nitrogens with zero attached hydrogens (tertiary/aromatic N) is 5. The standard InChI is InChI=1S/C19H16N6O2/c1-12-14(18(26)24(22-12)16-7-3-5-9-20-16)11-15-13(2)23-25(19(15)27)17-8-4-6-10-21-17/h3-11,22H,1-2H3/b15-11+. The zero-order valence-electron chi connectivity index (χ0n) is 14.7. The van der Waals surface area contributed by atoms with E-state index in [9.17, 15) is 9.59 Å². The lowest BCUT2D eigenvalue weighted by molar-refractivity contribution is -0.114. The number of aromatic amines is 1. The molecule has 1 amide bonds. The molecule has 0 atom stereocenters. The average molecular weight is 360 g/mol. The van der Waals surface area contributed by atoms with E-state index in [1.807, 2.05) is 0 Å². The third-order valence-electron chi connectivity index (χ3n) is 4.21. The van der Waals surface area contributed by atoms with Gasteiger partial charge in [0.2, 0.25) is 0 Å². The van der Waals surface area contributed by atoms with Crippen LogP contribution in [0.3, 0.4) is 0 Å². The van der Waals surface area contributed by atoms with Gasteiger partial charge in [-0.1, -0.05) is 12.1 Å². The molecule has 0 unspecified atom stereocenters. The molecule has 0 aromatic carbocycles. The van der Waals surface area contributed by atoms with Gasteiger partial charge in [0.15, 0.2) is 11.6 Å². The second-order valence-corrected chi connectivity index (χ2v) is 6.03. The molecule has 0 aliphatic carbocycles. The van der Waals surface area contributed by atoms with Crippen molar-refractivity contribution in [1.29, 1.82) is 0 Å². The average Bonchev–Trinajstić information content (AvgIpc) is 3.14. The fourth-order valence-corrected chi connectivity index (χ4v) is 2.84. The van der Waals surface area contributed by atoms with Gasteiger partial charge in [-0.25, -0.2) is 14.6 Å². The first kappa shape index (κ1) is 16.6. The Kier molecular flexibility index (Phi) is 4.00. The monoisotopic (exact) mass is 360 g/mol. The van der Waals surface area contributed by atoms with Crippen LogP contribution in [0.4, 0.5) is 5.82 Å². The third kappa shape index (κ3) is 2.86. The van der Waals surface area contributed by atoms with E-state index in [0.29, 0.717) is 34.2 Å². The number of nitrogens with one attached hydrogen (secondary N) is 1. The molecule has 0 spiro atoms. The Morgan fingerprint density at radius 1 is 0.963 bits per heavy atom. The minimum Gasteiger partial charge on any atom is -0.293 e. The summed E-state index contributed by atoms with van der Waals surface area (Å²) >= 11 is 0. The molecule has 0 fully saturated rings. The molecule has 0 saturated carbocycles. The van der Waals surface area contributed by atoms with E-state index in [0.717, 1.165) is 0 Å². The van der Waals surface area contributed by atoms with Crippen molar-refractivity contribution in [2.45, 2.75) is 13.8 Å². The molecular formula is C19H16N6O2. The van der Waals surface area contributed by atoms with Crippen molar-refractivity contribution >= 4 is 23.5 Å². The molecule has 4 heterocycles. The summed E-state index contributed by atoms with van der Waals surface area (Å²) in [7, 11) is 0. The van der Waals surface area contributed by atoms with Gasteiger partial charge in [-0.3, -0.25) is 14.7 Å². The molecule has 3 aromatic rings. The molecule has 27 heavy (non-hydrogen) atoms. The zero-order chi connectivity index (χ0) is 19.0. The van der Waals surface area contributed by atoms with Crippen LogP contribution in [-0.2, 0) is 4.79 Å². The van der Waals surface area contributed by atoms with Gasteiger partial charge in [0.1, 0.15) is 0 Å². The zero-order valence-corrected chi connectivity index (χ0v) is 14.7. The van der Waals surface area contributed by atoms with Crippen molar-refractivity contribution in [3.63, 3.8) is 0 Å². The molecular weight excluding hydrogens is 344 g/mol. The molecule has 134 valence electrons. The summed E-state index contributed by atoms with van der Waals surface area (Å²) < 4.78 is 1.35. The van der Waals surface area contributed by atoms with Gasteiger partial charge >= 0.3 is 0 Å². The summed E-state index contributed by atoms with van der Waals surface area (Å²) in [6.07, 6.45) is 4.77. The number of aryl methyl sites for hydroxylation is 1. The van der Waals surface area contributed by atoms with E-state index in [1.165, 1.54) is 9.69 Å². The SMILES string of the molecule is CC1=NN(c2ccccn2)C(=O)/C1=C/c1c(C)[nH]n(-c2ccccn2)c1=O. The third-order valence-corrected chi connectivity index (χ3v) is 4.21. The highest BCUT2D eigenvalue weighted by Gasteiger charge is 2.30. The minimum atomic E-state index is -0.324. The van der Waals surface area contributed by atoms with Gasteiger partial charge in [0, 0.05) is 18.1 Å². The largest absolute Gasteiger partial charge is 0.293 e. The van der Waals surface area contributed by atoms with Gasteiger partial charge in [-0.15, -0.1) is 0 Å².